The molecule has 0 fully saturated rings. The molecule has 0 heterocycles. The van der Waals surface area contributed by atoms with Crippen LogP contribution in [0.3, 0.4) is 0 Å². The van der Waals surface area contributed by atoms with Crippen LogP contribution in [0, 0.1) is 0 Å². The Morgan fingerprint density at radius 1 is 0.358 bits per heavy atom. The van der Waals surface area contributed by atoms with E-state index in [1.165, 1.54) is 128 Å². The van der Waals surface area contributed by atoms with Gasteiger partial charge in [-0.05, 0) is 70.6 Å². The highest BCUT2D eigenvalue weighted by atomic mass is 16.6. The lowest BCUT2D eigenvalue weighted by Crippen LogP contribution is -2.30. The number of carbonyl (C=O) groups is 3. The molecule has 1 unspecified atom stereocenters. The Kier molecular flexibility index (Phi) is 40.9. The van der Waals surface area contributed by atoms with Gasteiger partial charge in [0.25, 0.3) is 0 Å². The maximum absolute atomic E-state index is 12.7. The molecule has 0 amide bonds. The number of carbonyl (C=O) groups excluding carboxylic acids is 3. The fourth-order valence-electron chi connectivity index (χ4n) is 6.43. The summed E-state index contributed by atoms with van der Waals surface area (Å²) in [5, 5.41) is 0. The standard InChI is InChI=1S/C47H86O6/c1-4-7-10-13-16-19-21-23-25-26-28-31-34-37-40-46(49)52-43-44(42-51-45(48)39-36-33-30-18-15-12-9-6-3)53-47(50)41-38-35-32-29-27-24-22-20-17-14-11-8-5-2/h20-23,44H,4-19,24-43H2,1-3H3/b22-20-,23-21-. The number of ether oxygens (including phenoxy) is 3. The minimum absolute atomic E-state index is 0.0751. The summed E-state index contributed by atoms with van der Waals surface area (Å²) in [6.07, 6.45) is 45.9. The molecular weight excluding hydrogens is 661 g/mol. The monoisotopic (exact) mass is 747 g/mol. The average molecular weight is 747 g/mol. The van der Waals surface area contributed by atoms with Crippen LogP contribution in [0.5, 0.6) is 0 Å². The van der Waals surface area contributed by atoms with Crippen LogP contribution in [0.15, 0.2) is 24.3 Å². The van der Waals surface area contributed by atoms with Crippen LogP contribution in [0.25, 0.3) is 0 Å². The van der Waals surface area contributed by atoms with Crippen LogP contribution in [0.2, 0.25) is 0 Å². The van der Waals surface area contributed by atoms with Gasteiger partial charge in [0.15, 0.2) is 6.10 Å². The van der Waals surface area contributed by atoms with Gasteiger partial charge in [0, 0.05) is 19.3 Å². The lowest BCUT2D eigenvalue weighted by molar-refractivity contribution is -0.167. The van der Waals surface area contributed by atoms with Gasteiger partial charge in [-0.3, -0.25) is 14.4 Å². The molecule has 6 heteroatoms. The van der Waals surface area contributed by atoms with Crippen LogP contribution < -0.4 is 0 Å². The minimum atomic E-state index is -0.771. The third-order valence-electron chi connectivity index (χ3n) is 9.93. The Bertz CT molecular complexity index is 865. The number of rotatable bonds is 41. The van der Waals surface area contributed by atoms with Gasteiger partial charge in [-0.1, -0.05) is 173 Å². The first-order chi connectivity index (χ1) is 26.0. The molecule has 6 nitrogen and oxygen atoms in total. The zero-order chi connectivity index (χ0) is 38.7. The molecule has 0 aliphatic heterocycles. The molecule has 0 saturated carbocycles. The lowest BCUT2D eigenvalue weighted by atomic mass is 10.1. The maximum Gasteiger partial charge on any atom is 0.306 e. The summed E-state index contributed by atoms with van der Waals surface area (Å²) in [7, 11) is 0. The van der Waals surface area contributed by atoms with Crippen molar-refractivity contribution >= 4 is 17.9 Å². The average Bonchev–Trinajstić information content (AvgIpc) is 3.15. The first-order valence-electron chi connectivity index (χ1n) is 22.8. The van der Waals surface area contributed by atoms with E-state index in [2.05, 4.69) is 45.1 Å². The summed E-state index contributed by atoms with van der Waals surface area (Å²) in [6, 6.07) is 0. The Balaban J connectivity index is 4.34. The Morgan fingerprint density at radius 2 is 0.623 bits per heavy atom. The second kappa shape index (κ2) is 42.6. The van der Waals surface area contributed by atoms with Crippen molar-refractivity contribution in [1.29, 1.82) is 0 Å². The Labute approximate surface area is 328 Å². The van der Waals surface area contributed by atoms with E-state index in [0.717, 1.165) is 70.6 Å². The van der Waals surface area contributed by atoms with E-state index in [0.29, 0.717) is 19.3 Å². The SMILES string of the molecule is CCCCCC/C=C\CCCCCCCC(=O)OC(COC(=O)CCCCCCC/C=C\CCCCCCC)COC(=O)CCCCCCCCCC. The summed E-state index contributed by atoms with van der Waals surface area (Å²) in [5.74, 6) is -0.893. The molecule has 0 aromatic rings. The summed E-state index contributed by atoms with van der Waals surface area (Å²) in [6.45, 7) is 6.57. The highest BCUT2D eigenvalue weighted by molar-refractivity contribution is 5.71. The van der Waals surface area contributed by atoms with Gasteiger partial charge in [-0.25, -0.2) is 0 Å². The summed E-state index contributed by atoms with van der Waals surface area (Å²) in [4.78, 5) is 37.6. The number of unbranched alkanes of at least 4 members (excludes halogenated alkanes) is 26. The normalized spacial score (nSPS) is 12.1. The van der Waals surface area contributed by atoms with Gasteiger partial charge in [-0.15, -0.1) is 0 Å². The molecule has 0 bridgehead atoms. The largest absolute Gasteiger partial charge is 0.462 e. The number of hydrogen-bond donors (Lipinski definition) is 0. The van der Waals surface area contributed by atoms with Crippen LogP contribution in [-0.2, 0) is 28.6 Å². The molecule has 0 rings (SSSR count). The van der Waals surface area contributed by atoms with Crippen molar-refractivity contribution < 1.29 is 28.6 Å². The molecular formula is C47H86O6. The van der Waals surface area contributed by atoms with E-state index in [1.807, 2.05) is 0 Å². The maximum atomic E-state index is 12.7. The van der Waals surface area contributed by atoms with Gasteiger partial charge in [0.2, 0.25) is 0 Å². The van der Waals surface area contributed by atoms with Gasteiger partial charge in [0.1, 0.15) is 13.2 Å². The molecule has 0 aromatic carbocycles. The molecule has 310 valence electrons. The fourth-order valence-corrected chi connectivity index (χ4v) is 6.43. The summed E-state index contributed by atoms with van der Waals surface area (Å²) >= 11 is 0. The Hall–Kier alpha value is -2.11. The third-order valence-corrected chi connectivity index (χ3v) is 9.93. The van der Waals surface area contributed by atoms with E-state index in [9.17, 15) is 14.4 Å². The topological polar surface area (TPSA) is 78.9 Å². The highest BCUT2D eigenvalue weighted by Crippen LogP contribution is 2.14. The molecule has 53 heavy (non-hydrogen) atoms. The lowest BCUT2D eigenvalue weighted by Gasteiger charge is -2.18. The highest BCUT2D eigenvalue weighted by Gasteiger charge is 2.19. The molecule has 0 aliphatic rings. The summed E-state index contributed by atoms with van der Waals surface area (Å²) in [5.41, 5.74) is 0. The first-order valence-corrected chi connectivity index (χ1v) is 22.8. The molecule has 0 radical (unpaired) electrons. The van der Waals surface area contributed by atoms with Crippen molar-refractivity contribution in [3.8, 4) is 0 Å². The molecule has 0 aliphatic carbocycles. The van der Waals surface area contributed by atoms with Gasteiger partial charge < -0.3 is 14.2 Å². The smallest absolute Gasteiger partial charge is 0.306 e. The molecule has 0 saturated heterocycles. The number of hydrogen-bond acceptors (Lipinski definition) is 6. The van der Waals surface area contributed by atoms with E-state index >= 15 is 0 Å². The predicted molar refractivity (Wildman–Crippen MR) is 224 cm³/mol. The van der Waals surface area contributed by atoms with Crippen molar-refractivity contribution in [3.05, 3.63) is 24.3 Å². The van der Waals surface area contributed by atoms with Crippen molar-refractivity contribution in [3.63, 3.8) is 0 Å². The van der Waals surface area contributed by atoms with Gasteiger partial charge in [0.05, 0.1) is 0 Å². The van der Waals surface area contributed by atoms with E-state index in [4.69, 9.17) is 14.2 Å². The van der Waals surface area contributed by atoms with Crippen LogP contribution in [0.4, 0.5) is 0 Å². The van der Waals surface area contributed by atoms with E-state index in [1.54, 1.807) is 0 Å². The number of esters is 3. The minimum Gasteiger partial charge on any atom is -0.462 e. The second-order valence-corrected chi connectivity index (χ2v) is 15.3. The first kappa shape index (κ1) is 50.9. The van der Waals surface area contributed by atoms with Crippen LogP contribution >= 0.6 is 0 Å². The zero-order valence-electron chi connectivity index (χ0n) is 35.3. The molecule has 0 spiro atoms. The van der Waals surface area contributed by atoms with Crippen molar-refractivity contribution in [1.82, 2.24) is 0 Å². The molecule has 0 N–H and O–H groups in total. The van der Waals surface area contributed by atoms with E-state index in [-0.39, 0.29) is 31.1 Å². The molecule has 0 aromatic heterocycles. The van der Waals surface area contributed by atoms with Gasteiger partial charge >= 0.3 is 17.9 Å². The Morgan fingerprint density at radius 3 is 0.962 bits per heavy atom. The molecule has 1 atom stereocenters. The van der Waals surface area contributed by atoms with Crippen molar-refractivity contribution in [2.24, 2.45) is 0 Å². The second-order valence-electron chi connectivity index (χ2n) is 15.3. The number of allylic oxidation sites excluding steroid dienone is 4. The van der Waals surface area contributed by atoms with Crippen molar-refractivity contribution in [2.45, 2.75) is 245 Å². The fraction of sp³-hybridized carbons (Fsp3) is 0.851. The quantitative estimate of drug-likeness (QED) is 0.0268. The summed E-state index contributed by atoms with van der Waals surface area (Å²) < 4.78 is 16.7. The van der Waals surface area contributed by atoms with Crippen LogP contribution in [-0.4, -0.2) is 37.2 Å². The van der Waals surface area contributed by atoms with Crippen molar-refractivity contribution in [2.75, 3.05) is 13.2 Å². The van der Waals surface area contributed by atoms with Gasteiger partial charge in [-0.2, -0.15) is 0 Å². The van der Waals surface area contributed by atoms with Crippen LogP contribution in [0.1, 0.15) is 239 Å². The predicted octanol–water partition coefficient (Wildman–Crippen LogP) is 14.4. The zero-order valence-corrected chi connectivity index (χ0v) is 35.3. The third kappa shape index (κ3) is 40.9. The van der Waals surface area contributed by atoms with E-state index < -0.39 is 6.10 Å².